The molecule has 0 radical (unpaired) electrons. The lowest BCUT2D eigenvalue weighted by Gasteiger charge is -2.09. The first-order chi connectivity index (χ1) is 32.0. The monoisotopic (exact) mass is 980 g/mol. The summed E-state index contributed by atoms with van der Waals surface area (Å²) >= 11 is 4.04. The number of thiocarbonyl (C=S) groups is 1. The number of hydrogen-bond donors (Lipinski definition) is 3. The summed E-state index contributed by atoms with van der Waals surface area (Å²) in [4.78, 5) is 26.0. The van der Waals surface area contributed by atoms with E-state index < -0.39 is 11.0 Å². The zero-order valence-electron chi connectivity index (χ0n) is 35.5. The standard InChI is InChI=1S/C22H18F3N5O2S.C14H16N4O2.C8H4F3NS2/c1-30-20-8-5-16(32-17-9-10-26-15(11-17)13-27-31-2)12-19(20)29-21(30)28-14-3-6-18(7-4-14)33-22(23,24)25;1-16-14-4-3-11(8-13(14)15)20-12-5-6-17-10(7-12)9-18-19-2;9-8(10,11)14-7-3-1-6(2-4-7)12-5-13/h3-13H,1-2H3,(H,28,29);3-9,16H,15H2,1-2H3;1-4H/b27-13-;18-9-;. The molecule has 14 nitrogen and oxygen atoms in total. The van der Waals surface area contributed by atoms with Crippen molar-refractivity contribution in [1.29, 1.82) is 0 Å². The lowest BCUT2D eigenvalue weighted by Crippen LogP contribution is -2.00. The largest absolute Gasteiger partial charge is 0.457 e. The Morgan fingerprint density at radius 3 is 1.70 bits per heavy atom. The summed E-state index contributed by atoms with van der Waals surface area (Å²) in [5, 5.41) is 15.6. The molecule has 0 aliphatic heterocycles. The van der Waals surface area contributed by atoms with Gasteiger partial charge in [0.2, 0.25) is 5.95 Å². The van der Waals surface area contributed by atoms with E-state index in [9.17, 15) is 26.3 Å². The second-order valence-electron chi connectivity index (χ2n) is 13.0. The first kappa shape index (κ1) is 50.7. The molecule has 3 heterocycles. The number of isothiocyanates is 1. The van der Waals surface area contributed by atoms with Crippen LogP contribution in [0.5, 0.6) is 23.0 Å². The molecule has 4 aromatic carbocycles. The maximum atomic E-state index is 12.5. The number of pyridine rings is 2. The van der Waals surface area contributed by atoms with Crippen molar-refractivity contribution in [2.45, 2.75) is 20.8 Å². The number of rotatable bonds is 14. The van der Waals surface area contributed by atoms with Crippen LogP contribution >= 0.6 is 35.7 Å². The van der Waals surface area contributed by atoms with Crippen LogP contribution in [0, 0.1) is 0 Å². The number of imidazole rings is 1. The van der Waals surface area contributed by atoms with E-state index >= 15 is 0 Å². The number of oxime groups is 2. The molecule has 0 saturated heterocycles. The van der Waals surface area contributed by atoms with Gasteiger partial charge in [0.05, 0.1) is 57.1 Å². The van der Waals surface area contributed by atoms with Gasteiger partial charge in [-0.3, -0.25) is 9.97 Å². The van der Waals surface area contributed by atoms with Crippen molar-refractivity contribution in [2.24, 2.45) is 22.4 Å². The van der Waals surface area contributed by atoms with Crippen LogP contribution in [0.25, 0.3) is 11.0 Å². The Morgan fingerprint density at radius 2 is 1.21 bits per heavy atom. The number of fused-ring (bicyclic) bond motifs is 1. The van der Waals surface area contributed by atoms with E-state index in [2.05, 4.69) is 67.9 Å². The molecule has 0 amide bonds. The van der Waals surface area contributed by atoms with Crippen LogP contribution in [-0.2, 0) is 16.7 Å². The minimum atomic E-state index is -4.32. The molecule has 7 rings (SSSR count). The van der Waals surface area contributed by atoms with E-state index in [1.165, 1.54) is 63.0 Å². The minimum Gasteiger partial charge on any atom is -0.457 e. The number of anilines is 4. The van der Waals surface area contributed by atoms with Crippen molar-refractivity contribution < 1.29 is 45.5 Å². The quantitative estimate of drug-likeness (QED) is 0.0235. The summed E-state index contributed by atoms with van der Waals surface area (Å²) in [6.45, 7) is 0. The molecule has 7 aromatic rings. The van der Waals surface area contributed by atoms with Crippen LogP contribution in [0.3, 0.4) is 0 Å². The zero-order chi connectivity index (χ0) is 48.4. The number of nitrogen functional groups attached to an aromatic ring is 1. The van der Waals surface area contributed by atoms with E-state index in [1.807, 2.05) is 42.9 Å². The van der Waals surface area contributed by atoms with Gasteiger partial charge >= 0.3 is 11.0 Å². The highest BCUT2D eigenvalue weighted by Crippen LogP contribution is 2.38. The van der Waals surface area contributed by atoms with Gasteiger partial charge in [0.25, 0.3) is 0 Å². The molecule has 0 unspecified atom stereocenters. The van der Waals surface area contributed by atoms with Gasteiger partial charge in [-0.25, -0.2) is 4.98 Å². The van der Waals surface area contributed by atoms with Gasteiger partial charge in [-0.1, -0.05) is 10.3 Å². The Labute approximate surface area is 393 Å². The van der Waals surface area contributed by atoms with Gasteiger partial charge in [-0.15, -0.1) is 0 Å². The number of aromatic nitrogens is 4. The van der Waals surface area contributed by atoms with Crippen molar-refractivity contribution in [1.82, 2.24) is 19.5 Å². The highest BCUT2D eigenvalue weighted by molar-refractivity contribution is 8.00. The van der Waals surface area contributed by atoms with Crippen LogP contribution in [0.4, 0.5) is 55.0 Å². The maximum absolute atomic E-state index is 12.5. The van der Waals surface area contributed by atoms with Gasteiger partial charge in [0, 0.05) is 66.2 Å². The number of hydrogen-bond acceptors (Lipinski definition) is 16. The van der Waals surface area contributed by atoms with Crippen LogP contribution in [-0.4, -0.2) is 69.4 Å². The molecule has 0 aliphatic rings. The molecule has 0 bridgehead atoms. The van der Waals surface area contributed by atoms with E-state index in [4.69, 9.17) is 15.2 Å². The summed E-state index contributed by atoms with van der Waals surface area (Å²) in [5.74, 6) is 3.01. The third-order valence-electron chi connectivity index (χ3n) is 8.29. The third-order valence-corrected chi connectivity index (χ3v) is 9.86. The molecule has 4 N–H and O–H groups in total. The van der Waals surface area contributed by atoms with Crippen molar-refractivity contribution in [3.63, 3.8) is 0 Å². The van der Waals surface area contributed by atoms with Gasteiger partial charge in [0.1, 0.15) is 37.2 Å². The fourth-order valence-electron chi connectivity index (χ4n) is 5.44. The predicted octanol–water partition coefficient (Wildman–Crippen LogP) is 12.6. The number of nitrogens with two attached hydrogens (primary N) is 1. The lowest BCUT2D eigenvalue weighted by molar-refractivity contribution is -0.0337. The molecular weight excluding hydrogens is 943 g/mol. The first-order valence-corrected chi connectivity index (χ1v) is 21.1. The lowest BCUT2D eigenvalue weighted by atomic mass is 10.2. The fourth-order valence-corrected chi connectivity index (χ4v) is 6.62. The fraction of sp³-hybridized carbons (Fsp3) is 0.136. The normalized spacial score (nSPS) is 11.2. The molecule has 0 spiro atoms. The minimum absolute atomic E-state index is 0.118. The van der Waals surface area contributed by atoms with E-state index in [0.717, 1.165) is 11.2 Å². The van der Waals surface area contributed by atoms with Crippen LogP contribution < -0.4 is 25.8 Å². The summed E-state index contributed by atoms with van der Waals surface area (Å²) < 4.78 is 86.7. The molecule has 0 saturated carbocycles. The summed E-state index contributed by atoms with van der Waals surface area (Å²) in [6, 6.07) is 29.5. The van der Waals surface area contributed by atoms with Gasteiger partial charge in [0.15, 0.2) is 0 Å². The van der Waals surface area contributed by atoms with Crippen LogP contribution in [0.1, 0.15) is 11.4 Å². The highest BCUT2D eigenvalue weighted by atomic mass is 32.2. The predicted molar refractivity (Wildman–Crippen MR) is 254 cm³/mol. The van der Waals surface area contributed by atoms with Crippen LogP contribution in [0.15, 0.2) is 147 Å². The summed E-state index contributed by atoms with van der Waals surface area (Å²) in [7, 11) is 6.58. The van der Waals surface area contributed by atoms with E-state index in [0.29, 0.717) is 62.9 Å². The van der Waals surface area contributed by atoms with Crippen molar-refractivity contribution in [2.75, 3.05) is 37.6 Å². The topological polar surface area (TPSA) is 168 Å². The van der Waals surface area contributed by atoms with Gasteiger partial charge in [-0.05, 0) is 121 Å². The average Bonchev–Trinajstić information content (AvgIpc) is 3.59. The highest BCUT2D eigenvalue weighted by Gasteiger charge is 2.29. The Bertz CT molecular complexity index is 2820. The number of nitrogens with one attached hydrogen (secondary N) is 2. The Hall–Kier alpha value is -7.33. The molecule has 0 atom stereocenters. The number of aryl methyl sites for hydroxylation is 1. The Kier molecular flexibility index (Phi) is 18.4. The second-order valence-corrected chi connectivity index (χ2v) is 15.4. The molecule has 3 aromatic heterocycles. The Balaban J connectivity index is 0.000000209. The Morgan fingerprint density at radius 1 is 0.701 bits per heavy atom. The second kappa shape index (κ2) is 24.3. The summed E-state index contributed by atoms with van der Waals surface area (Å²) in [6.07, 6.45) is 6.22. The van der Waals surface area contributed by atoms with Crippen molar-refractivity contribution >= 4 is 93.1 Å². The number of nitrogens with zero attached hydrogens (tertiary/aromatic N) is 7. The number of alkyl halides is 6. The molecular formula is C44H38F6N10O4S3. The average molecular weight is 981 g/mol. The van der Waals surface area contributed by atoms with Crippen LogP contribution in [0.2, 0.25) is 0 Å². The van der Waals surface area contributed by atoms with E-state index in [-0.39, 0.29) is 33.3 Å². The SMILES string of the molecule is CNc1ccc(Oc2ccnc(/C=N\OC)c2)cc1N.CO/N=C\c1cc(Oc2ccc3c(c2)nc(Nc2ccc(SC(F)(F)F)cc2)n3C)ccn1.FC(F)(F)Sc1ccc(N=C=S)cc1. The maximum Gasteiger partial charge on any atom is 0.446 e. The van der Waals surface area contributed by atoms with Crippen molar-refractivity contribution in [3.8, 4) is 23.0 Å². The molecule has 348 valence electrons. The third kappa shape index (κ3) is 16.9. The molecule has 0 aliphatic carbocycles. The number of thioether (sulfide) groups is 2. The van der Waals surface area contributed by atoms with Gasteiger partial charge < -0.3 is 40.1 Å². The van der Waals surface area contributed by atoms with E-state index in [1.54, 1.807) is 60.9 Å². The zero-order valence-corrected chi connectivity index (χ0v) is 38.0. The molecule has 67 heavy (non-hydrogen) atoms. The smallest absolute Gasteiger partial charge is 0.446 e. The number of aliphatic imine (C=N–C) groups is 1. The number of halogens is 6. The molecule has 23 heteroatoms. The first-order valence-electron chi connectivity index (χ1n) is 19.1. The molecule has 0 fully saturated rings. The number of benzene rings is 4. The van der Waals surface area contributed by atoms with Crippen molar-refractivity contribution in [3.05, 3.63) is 133 Å². The summed E-state index contributed by atoms with van der Waals surface area (Å²) in [5.41, 5.74) is 2.69. The van der Waals surface area contributed by atoms with Gasteiger partial charge in [-0.2, -0.15) is 31.3 Å². The number of ether oxygens (including phenoxy) is 2.